The van der Waals surface area contributed by atoms with Crippen LogP contribution < -0.4 is 0 Å². The number of ether oxygens (including phenoxy) is 1. The van der Waals surface area contributed by atoms with Gasteiger partial charge in [0.1, 0.15) is 6.61 Å². The molecule has 0 unspecified atom stereocenters. The van der Waals surface area contributed by atoms with Crippen molar-refractivity contribution in [1.82, 2.24) is 0 Å². The standard InChI is InChI=1S/C11H22O2/c1-3-4-5-6-7-8-9-11(12)10-13-2/h3-10H2,1-2H3. The third-order valence-corrected chi connectivity index (χ3v) is 2.11. The fraction of sp³-hybridized carbons (Fsp3) is 0.909. The molecule has 0 aromatic carbocycles. The second-order valence-corrected chi connectivity index (χ2v) is 3.49. The zero-order valence-corrected chi connectivity index (χ0v) is 8.97. The highest BCUT2D eigenvalue weighted by Crippen LogP contribution is 2.06. The van der Waals surface area contributed by atoms with Gasteiger partial charge in [-0.25, -0.2) is 0 Å². The van der Waals surface area contributed by atoms with E-state index in [0.29, 0.717) is 6.42 Å². The Kier molecular flexibility index (Phi) is 9.44. The maximum absolute atomic E-state index is 11.0. The van der Waals surface area contributed by atoms with Crippen LogP contribution in [-0.4, -0.2) is 19.5 Å². The van der Waals surface area contributed by atoms with Gasteiger partial charge >= 0.3 is 0 Å². The summed E-state index contributed by atoms with van der Waals surface area (Å²) in [5.41, 5.74) is 0. The van der Waals surface area contributed by atoms with E-state index >= 15 is 0 Å². The monoisotopic (exact) mass is 186 g/mol. The first-order chi connectivity index (χ1) is 6.31. The smallest absolute Gasteiger partial charge is 0.158 e. The molecular formula is C11H22O2. The Labute approximate surface area is 81.7 Å². The number of carbonyl (C=O) groups excluding carboxylic acids is 1. The maximum Gasteiger partial charge on any atom is 0.158 e. The summed E-state index contributed by atoms with van der Waals surface area (Å²) in [7, 11) is 1.57. The predicted octanol–water partition coefficient (Wildman–Crippen LogP) is 2.95. The summed E-state index contributed by atoms with van der Waals surface area (Å²) in [4.78, 5) is 11.0. The Morgan fingerprint density at radius 3 is 2.31 bits per heavy atom. The lowest BCUT2D eigenvalue weighted by Crippen LogP contribution is -2.05. The average molecular weight is 186 g/mol. The van der Waals surface area contributed by atoms with Crippen LogP contribution in [0.25, 0.3) is 0 Å². The maximum atomic E-state index is 11.0. The number of methoxy groups -OCH3 is 1. The molecule has 0 saturated heterocycles. The Bertz CT molecular complexity index is 121. The summed E-state index contributed by atoms with van der Waals surface area (Å²) >= 11 is 0. The third kappa shape index (κ3) is 9.54. The Morgan fingerprint density at radius 1 is 1.08 bits per heavy atom. The lowest BCUT2D eigenvalue weighted by molar-refractivity contribution is -0.122. The van der Waals surface area contributed by atoms with E-state index < -0.39 is 0 Å². The van der Waals surface area contributed by atoms with Crippen molar-refractivity contribution in [3.63, 3.8) is 0 Å². The Morgan fingerprint density at radius 2 is 1.69 bits per heavy atom. The molecule has 0 aromatic rings. The molecule has 0 heterocycles. The number of ketones is 1. The van der Waals surface area contributed by atoms with E-state index in [2.05, 4.69) is 6.92 Å². The topological polar surface area (TPSA) is 26.3 Å². The Hall–Kier alpha value is -0.370. The van der Waals surface area contributed by atoms with Crippen molar-refractivity contribution < 1.29 is 9.53 Å². The van der Waals surface area contributed by atoms with Gasteiger partial charge in [0.2, 0.25) is 0 Å². The number of carbonyl (C=O) groups is 1. The van der Waals surface area contributed by atoms with E-state index in [1.165, 1.54) is 32.1 Å². The molecule has 13 heavy (non-hydrogen) atoms. The molecule has 0 fully saturated rings. The van der Waals surface area contributed by atoms with E-state index in [1.807, 2.05) is 0 Å². The lowest BCUT2D eigenvalue weighted by atomic mass is 10.1. The molecule has 0 amide bonds. The molecule has 0 radical (unpaired) electrons. The van der Waals surface area contributed by atoms with Crippen LogP contribution in [0, 0.1) is 0 Å². The molecule has 0 aliphatic carbocycles. The average Bonchev–Trinajstić information content (AvgIpc) is 2.11. The summed E-state index contributed by atoms with van der Waals surface area (Å²) in [6, 6.07) is 0. The fourth-order valence-corrected chi connectivity index (χ4v) is 1.34. The van der Waals surface area contributed by atoms with Crippen molar-refractivity contribution in [1.29, 1.82) is 0 Å². The second-order valence-electron chi connectivity index (χ2n) is 3.49. The van der Waals surface area contributed by atoms with Crippen molar-refractivity contribution >= 4 is 5.78 Å². The quantitative estimate of drug-likeness (QED) is 0.517. The second kappa shape index (κ2) is 9.72. The minimum atomic E-state index is 0.234. The number of hydrogen-bond donors (Lipinski definition) is 0. The summed E-state index contributed by atoms with van der Waals surface area (Å²) in [5.74, 6) is 0.234. The minimum Gasteiger partial charge on any atom is -0.377 e. The predicted molar refractivity (Wildman–Crippen MR) is 54.9 cm³/mol. The zero-order valence-electron chi connectivity index (χ0n) is 8.97. The van der Waals surface area contributed by atoms with Gasteiger partial charge in [0.05, 0.1) is 0 Å². The van der Waals surface area contributed by atoms with Crippen molar-refractivity contribution in [2.24, 2.45) is 0 Å². The first kappa shape index (κ1) is 12.6. The molecule has 0 rings (SSSR count). The van der Waals surface area contributed by atoms with E-state index in [4.69, 9.17) is 4.74 Å². The molecule has 0 saturated carbocycles. The SMILES string of the molecule is CCCCCCCCC(=O)COC. The highest BCUT2D eigenvalue weighted by Gasteiger charge is 1.99. The van der Waals surface area contributed by atoms with E-state index in [0.717, 1.165) is 6.42 Å². The van der Waals surface area contributed by atoms with Crippen LogP contribution >= 0.6 is 0 Å². The molecule has 2 nitrogen and oxygen atoms in total. The molecule has 0 aliphatic rings. The van der Waals surface area contributed by atoms with E-state index in [1.54, 1.807) is 7.11 Å². The Balaban J connectivity index is 3.02. The van der Waals surface area contributed by atoms with Gasteiger partial charge in [-0.05, 0) is 6.42 Å². The van der Waals surface area contributed by atoms with Crippen LogP contribution in [0.2, 0.25) is 0 Å². The van der Waals surface area contributed by atoms with Crippen LogP contribution in [-0.2, 0) is 9.53 Å². The number of rotatable bonds is 9. The van der Waals surface area contributed by atoms with Crippen molar-refractivity contribution in [3.05, 3.63) is 0 Å². The summed E-state index contributed by atoms with van der Waals surface area (Å²) in [6.07, 6.45) is 8.11. The molecule has 0 aliphatic heterocycles. The van der Waals surface area contributed by atoms with Crippen molar-refractivity contribution in [3.8, 4) is 0 Å². The molecule has 2 heteroatoms. The van der Waals surface area contributed by atoms with Crippen LogP contribution in [0.5, 0.6) is 0 Å². The molecule has 0 aromatic heterocycles. The van der Waals surface area contributed by atoms with E-state index in [-0.39, 0.29) is 12.4 Å². The minimum absolute atomic E-state index is 0.234. The molecular weight excluding hydrogens is 164 g/mol. The number of hydrogen-bond acceptors (Lipinski definition) is 2. The van der Waals surface area contributed by atoms with Crippen LogP contribution in [0.4, 0.5) is 0 Å². The number of unbranched alkanes of at least 4 members (excludes halogenated alkanes) is 5. The third-order valence-electron chi connectivity index (χ3n) is 2.11. The summed E-state index contributed by atoms with van der Waals surface area (Å²) in [6.45, 7) is 2.50. The largest absolute Gasteiger partial charge is 0.377 e. The van der Waals surface area contributed by atoms with Gasteiger partial charge in [0, 0.05) is 13.5 Å². The highest BCUT2D eigenvalue weighted by atomic mass is 16.5. The molecule has 0 bridgehead atoms. The molecule has 0 N–H and O–H groups in total. The normalized spacial score (nSPS) is 10.3. The van der Waals surface area contributed by atoms with Gasteiger partial charge in [0.25, 0.3) is 0 Å². The van der Waals surface area contributed by atoms with Gasteiger partial charge in [-0.15, -0.1) is 0 Å². The van der Waals surface area contributed by atoms with E-state index in [9.17, 15) is 4.79 Å². The lowest BCUT2D eigenvalue weighted by Gasteiger charge is -2.00. The first-order valence-electron chi connectivity index (χ1n) is 5.32. The van der Waals surface area contributed by atoms with Crippen LogP contribution in [0.3, 0.4) is 0 Å². The van der Waals surface area contributed by atoms with Gasteiger partial charge in [-0.1, -0.05) is 39.0 Å². The molecule has 0 atom stereocenters. The van der Waals surface area contributed by atoms with Gasteiger partial charge in [-0.2, -0.15) is 0 Å². The first-order valence-corrected chi connectivity index (χ1v) is 5.32. The summed E-state index contributed by atoms with van der Waals surface area (Å²) in [5, 5.41) is 0. The van der Waals surface area contributed by atoms with Crippen LogP contribution in [0.15, 0.2) is 0 Å². The van der Waals surface area contributed by atoms with Gasteiger partial charge in [0.15, 0.2) is 5.78 Å². The van der Waals surface area contributed by atoms with Crippen molar-refractivity contribution in [2.75, 3.05) is 13.7 Å². The van der Waals surface area contributed by atoms with Gasteiger partial charge < -0.3 is 4.74 Å². The summed E-state index contributed by atoms with van der Waals surface area (Å²) < 4.78 is 4.75. The molecule has 78 valence electrons. The highest BCUT2D eigenvalue weighted by molar-refractivity contribution is 5.79. The van der Waals surface area contributed by atoms with Crippen molar-refractivity contribution in [2.45, 2.75) is 51.9 Å². The molecule has 0 spiro atoms. The fourth-order valence-electron chi connectivity index (χ4n) is 1.34. The number of Topliss-reactive ketones (excluding diaryl/α,β-unsaturated/α-hetero) is 1. The van der Waals surface area contributed by atoms with Gasteiger partial charge in [-0.3, -0.25) is 4.79 Å². The zero-order chi connectivity index (χ0) is 9.94. The van der Waals surface area contributed by atoms with Crippen LogP contribution in [0.1, 0.15) is 51.9 Å².